The van der Waals surface area contributed by atoms with Gasteiger partial charge in [-0.25, -0.2) is 0 Å². The highest BCUT2D eigenvalue weighted by molar-refractivity contribution is 7.09. The fourth-order valence-corrected chi connectivity index (χ4v) is 4.80. The van der Waals surface area contributed by atoms with Gasteiger partial charge in [0, 0.05) is 35.9 Å². The highest BCUT2D eigenvalue weighted by atomic mass is 32.1. The minimum absolute atomic E-state index is 0.00311. The monoisotopic (exact) mass is 425 g/mol. The summed E-state index contributed by atoms with van der Waals surface area (Å²) < 4.78 is 5.49. The number of thiophene rings is 1. The fraction of sp³-hybridized carbons (Fsp3) is 0.391. The molecular weight excluding hydrogens is 398 g/mol. The van der Waals surface area contributed by atoms with Crippen molar-refractivity contribution in [2.45, 2.75) is 25.3 Å². The molecule has 3 aromatic rings. The van der Waals surface area contributed by atoms with Crippen molar-refractivity contribution in [3.8, 4) is 0 Å². The Morgan fingerprint density at radius 2 is 2.07 bits per heavy atom. The molecule has 2 N–H and O–H groups in total. The van der Waals surface area contributed by atoms with Crippen LogP contribution in [0.1, 0.15) is 28.1 Å². The number of furan rings is 1. The third-order valence-electron chi connectivity index (χ3n) is 5.61. The zero-order valence-corrected chi connectivity index (χ0v) is 17.9. The number of fused-ring (bicyclic) bond motifs is 1. The van der Waals surface area contributed by atoms with Crippen molar-refractivity contribution < 1.29 is 14.0 Å². The average Bonchev–Trinajstić information content (AvgIpc) is 3.38. The molecule has 0 bridgehead atoms. The number of rotatable bonds is 6. The lowest BCUT2D eigenvalue weighted by atomic mass is 10.0. The van der Waals surface area contributed by atoms with Crippen LogP contribution in [0.4, 0.5) is 0 Å². The highest BCUT2D eigenvalue weighted by Crippen LogP contribution is 2.21. The Bertz CT molecular complexity index is 998. The normalized spacial score (nSPS) is 20.0. The van der Waals surface area contributed by atoms with Gasteiger partial charge in [-0.2, -0.15) is 0 Å². The van der Waals surface area contributed by atoms with Gasteiger partial charge >= 0.3 is 0 Å². The molecule has 0 saturated carbocycles. The maximum absolute atomic E-state index is 12.8. The minimum atomic E-state index is -0.132. The SMILES string of the molecule is CN1C[C@@H](NC(=O)c2cccc3ccoc23)CC[C@@H](C(=O)NCCc2cccs2)C1. The largest absolute Gasteiger partial charge is 0.464 e. The Hall–Kier alpha value is -2.64. The van der Waals surface area contributed by atoms with Gasteiger partial charge in [0.15, 0.2) is 0 Å². The average molecular weight is 426 g/mol. The lowest BCUT2D eigenvalue weighted by molar-refractivity contribution is -0.125. The number of carbonyl (C=O) groups excluding carboxylic acids is 2. The first kappa shape index (κ1) is 20.6. The van der Waals surface area contributed by atoms with Crippen LogP contribution in [0.2, 0.25) is 0 Å². The summed E-state index contributed by atoms with van der Waals surface area (Å²) in [5.74, 6) is -0.0905. The molecule has 2 amide bonds. The van der Waals surface area contributed by atoms with Crippen molar-refractivity contribution in [1.29, 1.82) is 0 Å². The molecule has 7 heteroatoms. The molecule has 3 heterocycles. The summed E-state index contributed by atoms with van der Waals surface area (Å²) >= 11 is 1.71. The van der Waals surface area contributed by atoms with Gasteiger partial charge in [0.25, 0.3) is 5.91 Å². The molecule has 1 saturated heterocycles. The van der Waals surface area contributed by atoms with Crippen LogP contribution in [-0.4, -0.2) is 49.4 Å². The van der Waals surface area contributed by atoms with Gasteiger partial charge in [-0.1, -0.05) is 18.2 Å². The van der Waals surface area contributed by atoms with E-state index in [9.17, 15) is 9.59 Å². The van der Waals surface area contributed by atoms with Crippen LogP contribution >= 0.6 is 11.3 Å². The van der Waals surface area contributed by atoms with Crippen molar-refractivity contribution in [3.63, 3.8) is 0 Å². The Morgan fingerprint density at radius 3 is 2.90 bits per heavy atom. The third-order valence-corrected chi connectivity index (χ3v) is 6.54. The number of amides is 2. The second-order valence-corrected chi connectivity index (χ2v) is 8.96. The number of nitrogens with one attached hydrogen (secondary N) is 2. The molecule has 0 aliphatic carbocycles. The topological polar surface area (TPSA) is 74.6 Å². The van der Waals surface area contributed by atoms with E-state index in [2.05, 4.69) is 27.0 Å². The summed E-state index contributed by atoms with van der Waals surface area (Å²) in [4.78, 5) is 28.9. The number of hydrogen-bond donors (Lipinski definition) is 2. The predicted molar refractivity (Wildman–Crippen MR) is 119 cm³/mol. The van der Waals surface area contributed by atoms with Gasteiger partial charge in [0.05, 0.1) is 17.7 Å². The molecular formula is C23H27N3O3S. The maximum atomic E-state index is 12.8. The van der Waals surface area contributed by atoms with Crippen LogP contribution in [0.25, 0.3) is 11.0 Å². The summed E-state index contributed by atoms with van der Waals surface area (Å²) in [6.07, 6.45) is 3.99. The van der Waals surface area contributed by atoms with Crippen LogP contribution in [0.5, 0.6) is 0 Å². The standard InChI is InChI=1S/C23H27N3O3S/c1-26-14-17(22(27)24-11-9-19-5-3-13-30-19)7-8-18(15-26)25-23(28)20-6-2-4-16-10-12-29-21(16)20/h2-6,10,12-13,17-18H,7-9,11,14-15H2,1H3,(H,24,27)(H,25,28)/t17-,18+/m1/s1. The second-order valence-electron chi connectivity index (χ2n) is 7.93. The molecule has 1 aliphatic rings. The number of likely N-dealkylation sites (tertiary alicyclic amines) is 1. The van der Waals surface area contributed by atoms with Crippen molar-refractivity contribution >= 4 is 34.1 Å². The lowest BCUT2D eigenvalue weighted by Gasteiger charge is -2.22. The quantitative estimate of drug-likeness (QED) is 0.636. The Morgan fingerprint density at radius 1 is 1.17 bits per heavy atom. The van der Waals surface area contributed by atoms with E-state index in [0.717, 1.165) is 31.2 Å². The van der Waals surface area contributed by atoms with Gasteiger partial charge in [-0.15, -0.1) is 11.3 Å². The number of benzene rings is 1. The van der Waals surface area contributed by atoms with E-state index < -0.39 is 0 Å². The predicted octanol–water partition coefficient (Wildman–Crippen LogP) is 3.29. The second kappa shape index (κ2) is 9.45. The molecule has 158 valence electrons. The zero-order chi connectivity index (χ0) is 20.9. The van der Waals surface area contributed by atoms with E-state index in [1.807, 2.05) is 31.3 Å². The summed E-state index contributed by atoms with van der Waals surface area (Å²) in [6.45, 7) is 2.08. The van der Waals surface area contributed by atoms with Crippen molar-refractivity contribution in [2.75, 3.05) is 26.7 Å². The number of hydrogen-bond acceptors (Lipinski definition) is 5. The Labute approximate surface area is 180 Å². The third kappa shape index (κ3) is 4.91. The first-order chi connectivity index (χ1) is 14.6. The first-order valence-corrected chi connectivity index (χ1v) is 11.2. The smallest absolute Gasteiger partial charge is 0.255 e. The highest BCUT2D eigenvalue weighted by Gasteiger charge is 2.28. The van der Waals surface area contributed by atoms with Crippen molar-refractivity contribution in [3.05, 3.63) is 58.5 Å². The van der Waals surface area contributed by atoms with E-state index in [1.54, 1.807) is 23.7 Å². The molecule has 2 aromatic heterocycles. The lowest BCUT2D eigenvalue weighted by Crippen LogP contribution is -2.42. The summed E-state index contributed by atoms with van der Waals surface area (Å²) in [5.41, 5.74) is 1.16. The van der Waals surface area contributed by atoms with Crippen LogP contribution < -0.4 is 10.6 Å². The summed E-state index contributed by atoms with van der Waals surface area (Å²) in [7, 11) is 2.00. The van der Waals surface area contributed by atoms with Crippen LogP contribution in [0.3, 0.4) is 0 Å². The summed E-state index contributed by atoms with van der Waals surface area (Å²) in [6, 6.07) is 11.5. The van der Waals surface area contributed by atoms with E-state index in [4.69, 9.17) is 4.42 Å². The first-order valence-electron chi connectivity index (χ1n) is 10.4. The van der Waals surface area contributed by atoms with E-state index in [0.29, 0.717) is 24.2 Å². The molecule has 4 rings (SSSR count). The van der Waals surface area contributed by atoms with Gasteiger partial charge in [-0.3, -0.25) is 9.59 Å². The van der Waals surface area contributed by atoms with E-state index in [1.165, 1.54) is 4.88 Å². The molecule has 0 unspecified atom stereocenters. The van der Waals surface area contributed by atoms with E-state index in [-0.39, 0.29) is 23.8 Å². The Kier molecular flexibility index (Phi) is 6.50. The molecule has 30 heavy (non-hydrogen) atoms. The molecule has 0 spiro atoms. The molecule has 2 atom stereocenters. The summed E-state index contributed by atoms with van der Waals surface area (Å²) in [5, 5.41) is 9.19. The zero-order valence-electron chi connectivity index (χ0n) is 17.1. The van der Waals surface area contributed by atoms with Gasteiger partial charge in [0.1, 0.15) is 5.58 Å². The molecule has 1 aromatic carbocycles. The Balaban J connectivity index is 1.32. The number of para-hydroxylation sites is 1. The van der Waals surface area contributed by atoms with Crippen molar-refractivity contribution in [2.24, 2.45) is 5.92 Å². The van der Waals surface area contributed by atoms with E-state index >= 15 is 0 Å². The molecule has 1 fully saturated rings. The van der Waals surface area contributed by atoms with Crippen LogP contribution in [0.15, 0.2) is 52.5 Å². The number of nitrogens with zero attached hydrogens (tertiary/aromatic N) is 1. The van der Waals surface area contributed by atoms with Crippen molar-refractivity contribution in [1.82, 2.24) is 15.5 Å². The molecule has 6 nitrogen and oxygen atoms in total. The molecule has 0 radical (unpaired) electrons. The fourth-order valence-electron chi connectivity index (χ4n) is 4.09. The van der Waals surface area contributed by atoms with Gasteiger partial charge in [0.2, 0.25) is 5.91 Å². The van der Waals surface area contributed by atoms with Gasteiger partial charge in [-0.05, 0) is 49.9 Å². The van der Waals surface area contributed by atoms with Crippen LogP contribution in [0, 0.1) is 5.92 Å². The van der Waals surface area contributed by atoms with Crippen LogP contribution in [-0.2, 0) is 11.2 Å². The molecule has 1 aliphatic heterocycles. The number of likely N-dealkylation sites (N-methyl/N-ethyl adjacent to an activating group) is 1. The minimum Gasteiger partial charge on any atom is -0.464 e. The number of carbonyl (C=O) groups is 2. The van der Waals surface area contributed by atoms with Gasteiger partial charge < -0.3 is 20.0 Å². The maximum Gasteiger partial charge on any atom is 0.255 e.